The summed E-state index contributed by atoms with van der Waals surface area (Å²) in [5, 5.41) is 6.60. The molecule has 0 saturated heterocycles. The fourth-order valence-electron chi connectivity index (χ4n) is 5.00. The van der Waals surface area contributed by atoms with Crippen LogP contribution in [0.5, 0.6) is 0 Å². The Hall–Kier alpha value is -2.17. The van der Waals surface area contributed by atoms with Crippen molar-refractivity contribution in [3.63, 3.8) is 0 Å². The first-order chi connectivity index (χ1) is 14.5. The van der Waals surface area contributed by atoms with Crippen LogP contribution in [0.25, 0.3) is 0 Å². The Bertz CT molecular complexity index is 782. The van der Waals surface area contributed by atoms with Crippen LogP contribution >= 0.6 is 0 Å². The van der Waals surface area contributed by atoms with Gasteiger partial charge in [-0.1, -0.05) is 67.6 Å². The maximum atomic E-state index is 13.2. The highest BCUT2D eigenvalue weighted by atomic mass is 16.2. The van der Waals surface area contributed by atoms with Crippen molar-refractivity contribution in [1.82, 2.24) is 15.5 Å². The molecule has 0 spiro atoms. The van der Waals surface area contributed by atoms with Crippen molar-refractivity contribution in [1.29, 1.82) is 0 Å². The van der Waals surface area contributed by atoms with Gasteiger partial charge in [0.05, 0.1) is 5.92 Å². The zero-order chi connectivity index (χ0) is 21.6. The molecule has 30 heavy (non-hydrogen) atoms. The minimum Gasteiger partial charge on any atom is -0.353 e. The fraction of sp³-hybridized carbons (Fsp3) is 0.500. The van der Waals surface area contributed by atoms with Crippen LogP contribution in [0.2, 0.25) is 0 Å². The molecule has 0 aliphatic heterocycles. The molecule has 0 heterocycles. The summed E-state index contributed by atoms with van der Waals surface area (Å²) in [5.74, 6) is 0.266. The molecule has 162 valence electrons. The van der Waals surface area contributed by atoms with E-state index in [-0.39, 0.29) is 29.3 Å². The number of rotatable bonds is 8. The monoisotopic (exact) mass is 407 g/mol. The molecule has 1 aliphatic carbocycles. The van der Waals surface area contributed by atoms with Gasteiger partial charge in [0.2, 0.25) is 5.91 Å². The molecule has 0 aromatic heterocycles. The van der Waals surface area contributed by atoms with E-state index < -0.39 is 0 Å². The van der Waals surface area contributed by atoms with E-state index in [4.69, 9.17) is 0 Å². The first-order valence-corrected chi connectivity index (χ1v) is 11.2. The fourth-order valence-corrected chi connectivity index (χ4v) is 5.00. The van der Waals surface area contributed by atoms with E-state index in [9.17, 15) is 4.79 Å². The highest BCUT2D eigenvalue weighted by Gasteiger charge is 2.39. The van der Waals surface area contributed by atoms with Crippen LogP contribution in [0.15, 0.2) is 60.7 Å². The normalized spacial score (nSPS) is 23.7. The largest absolute Gasteiger partial charge is 0.353 e. The highest BCUT2D eigenvalue weighted by molar-refractivity contribution is 5.80. The molecule has 4 heteroatoms. The Morgan fingerprint density at radius 3 is 2.13 bits per heavy atom. The summed E-state index contributed by atoms with van der Waals surface area (Å²) in [4.78, 5) is 15.6. The van der Waals surface area contributed by atoms with Crippen LogP contribution in [0.4, 0.5) is 0 Å². The molecule has 2 aromatic carbocycles. The number of nitrogens with zero attached hydrogens (tertiary/aromatic N) is 1. The maximum Gasteiger partial charge on any atom is 0.225 e. The van der Waals surface area contributed by atoms with E-state index >= 15 is 0 Å². The van der Waals surface area contributed by atoms with Crippen molar-refractivity contribution < 1.29 is 4.79 Å². The molecule has 1 amide bonds. The zero-order valence-corrected chi connectivity index (χ0v) is 18.9. The number of hydrogen-bond donors (Lipinski definition) is 2. The predicted molar refractivity (Wildman–Crippen MR) is 124 cm³/mol. The lowest BCUT2D eigenvalue weighted by atomic mass is 9.74. The number of carbonyl (C=O) groups is 1. The smallest absolute Gasteiger partial charge is 0.225 e. The lowest BCUT2D eigenvalue weighted by Crippen LogP contribution is -2.50. The van der Waals surface area contributed by atoms with Gasteiger partial charge >= 0.3 is 0 Å². The summed E-state index contributed by atoms with van der Waals surface area (Å²) in [6.07, 6.45) is 4.12. The summed E-state index contributed by atoms with van der Waals surface area (Å²) in [5.41, 5.74) is 2.65. The van der Waals surface area contributed by atoms with Crippen molar-refractivity contribution in [2.45, 2.75) is 50.1 Å². The molecule has 0 radical (unpaired) electrons. The zero-order valence-electron chi connectivity index (χ0n) is 18.9. The Balaban J connectivity index is 1.66. The Labute approximate surface area is 182 Å². The molecular weight excluding hydrogens is 370 g/mol. The van der Waals surface area contributed by atoms with Crippen LogP contribution in [0.1, 0.15) is 49.7 Å². The third-order valence-corrected chi connectivity index (χ3v) is 7.02. The van der Waals surface area contributed by atoms with Crippen LogP contribution in [0.3, 0.4) is 0 Å². The summed E-state index contributed by atoms with van der Waals surface area (Å²) in [7, 11) is 6.27. The number of hydrogen-bond acceptors (Lipinski definition) is 3. The lowest BCUT2D eigenvalue weighted by molar-refractivity contribution is -0.126. The van der Waals surface area contributed by atoms with Crippen molar-refractivity contribution in [3.8, 4) is 0 Å². The molecule has 0 bridgehead atoms. The Morgan fingerprint density at radius 1 is 1.03 bits per heavy atom. The molecule has 2 atom stereocenters. The summed E-state index contributed by atoms with van der Waals surface area (Å²) in [6, 6.07) is 21.4. The minimum absolute atomic E-state index is 0.0597. The summed E-state index contributed by atoms with van der Waals surface area (Å²) < 4.78 is 0. The molecule has 3 rings (SSSR count). The Kier molecular flexibility index (Phi) is 7.68. The average molecular weight is 408 g/mol. The quantitative estimate of drug-likeness (QED) is 0.691. The lowest BCUT2D eigenvalue weighted by Gasteiger charge is -2.46. The van der Waals surface area contributed by atoms with Gasteiger partial charge in [-0.25, -0.2) is 0 Å². The first kappa shape index (κ1) is 22.5. The van der Waals surface area contributed by atoms with Gasteiger partial charge in [0.25, 0.3) is 0 Å². The van der Waals surface area contributed by atoms with Crippen LogP contribution in [0, 0.1) is 5.92 Å². The van der Waals surface area contributed by atoms with E-state index in [1.807, 2.05) is 25.2 Å². The van der Waals surface area contributed by atoms with E-state index in [0.717, 1.165) is 25.7 Å². The van der Waals surface area contributed by atoms with Crippen molar-refractivity contribution in [3.05, 3.63) is 71.8 Å². The van der Waals surface area contributed by atoms with Gasteiger partial charge in [-0.05, 0) is 63.9 Å². The number of amides is 1. The van der Waals surface area contributed by atoms with Gasteiger partial charge < -0.3 is 10.6 Å². The molecule has 4 nitrogen and oxygen atoms in total. The second kappa shape index (κ2) is 10.2. The summed E-state index contributed by atoms with van der Waals surface area (Å²) >= 11 is 0. The topological polar surface area (TPSA) is 44.4 Å². The maximum absolute atomic E-state index is 13.2. The van der Waals surface area contributed by atoms with Gasteiger partial charge in [-0.3, -0.25) is 9.69 Å². The Morgan fingerprint density at radius 2 is 1.60 bits per heavy atom. The number of benzene rings is 2. The summed E-state index contributed by atoms with van der Waals surface area (Å²) in [6.45, 7) is 2.84. The molecule has 2 N–H and O–H groups in total. The van der Waals surface area contributed by atoms with Crippen molar-refractivity contribution in [2.24, 2.45) is 5.92 Å². The van der Waals surface area contributed by atoms with Gasteiger partial charge in [0.15, 0.2) is 0 Å². The standard InChI is InChI=1S/C26H37N3O/c1-20(21-11-7-5-8-12-21)24(19-27-2)25(30)28-23-15-17-26(18-16-23,29(3)4)22-13-9-6-10-14-22/h5-14,20,23-24,27H,15-19H2,1-4H3,(H,28,30)/t20-,23-,24+,26-/m0/s1. The number of carbonyl (C=O) groups excluding carboxylic acids is 1. The van der Waals surface area contributed by atoms with Gasteiger partial charge in [-0.2, -0.15) is 0 Å². The van der Waals surface area contributed by atoms with Crippen molar-refractivity contribution >= 4 is 5.91 Å². The SMILES string of the molecule is CNC[C@@H](C(=O)N[C@H]1CC[C@](c2ccccc2)(N(C)C)CC1)[C@@H](C)c1ccccc1. The average Bonchev–Trinajstić information content (AvgIpc) is 2.78. The van der Waals surface area contributed by atoms with Gasteiger partial charge in [0.1, 0.15) is 0 Å². The third kappa shape index (κ3) is 4.93. The van der Waals surface area contributed by atoms with E-state index in [0.29, 0.717) is 6.54 Å². The highest BCUT2D eigenvalue weighted by Crippen LogP contribution is 2.41. The number of nitrogens with one attached hydrogen (secondary N) is 2. The molecule has 2 aromatic rings. The molecule has 1 aliphatic rings. The van der Waals surface area contributed by atoms with Gasteiger partial charge in [-0.15, -0.1) is 0 Å². The van der Waals surface area contributed by atoms with E-state index in [1.54, 1.807) is 0 Å². The molecule has 1 fully saturated rings. The van der Waals surface area contributed by atoms with Crippen molar-refractivity contribution in [2.75, 3.05) is 27.7 Å². The van der Waals surface area contributed by atoms with Crippen LogP contribution in [-0.4, -0.2) is 44.5 Å². The molecule has 0 unspecified atom stereocenters. The van der Waals surface area contributed by atoms with Crippen LogP contribution in [-0.2, 0) is 10.3 Å². The van der Waals surface area contributed by atoms with E-state index in [1.165, 1.54) is 11.1 Å². The molecular formula is C26H37N3O. The molecule has 1 saturated carbocycles. The minimum atomic E-state index is -0.0768. The second-order valence-corrected chi connectivity index (χ2v) is 8.94. The second-order valence-electron chi connectivity index (χ2n) is 8.94. The van der Waals surface area contributed by atoms with Crippen LogP contribution < -0.4 is 10.6 Å². The third-order valence-electron chi connectivity index (χ3n) is 7.02. The van der Waals surface area contributed by atoms with E-state index in [2.05, 4.69) is 79.0 Å². The van der Waals surface area contributed by atoms with Gasteiger partial charge in [0, 0.05) is 18.1 Å². The predicted octanol–water partition coefficient (Wildman–Crippen LogP) is 4.14. The first-order valence-electron chi connectivity index (χ1n) is 11.2.